The Kier molecular flexibility index (Phi) is 5.09. The Labute approximate surface area is 147 Å². The molecule has 0 radical (unpaired) electrons. The Morgan fingerprint density at radius 2 is 1.80 bits per heavy atom. The van der Waals surface area contributed by atoms with E-state index in [9.17, 15) is 4.79 Å². The highest BCUT2D eigenvalue weighted by Gasteiger charge is 2.04. The Hall–Kier alpha value is -3.14. The summed E-state index contributed by atoms with van der Waals surface area (Å²) in [6, 6.07) is 21.8. The first-order valence-corrected chi connectivity index (χ1v) is 8.13. The molecule has 3 aromatic carbocycles. The van der Waals surface area contributed by atoms with Crippen LogP contribution in [0, 0.1) is 6.92 Å². The fourth-order valence-electron chi connectivity index (χ4n) is 2.51. The van der Waals surface area contributed by atoms with Crippen LogP contribution in [-0.2, 0) is 4.79 Å². The molecule has 0 saturated carbocycles. The minimum absolute atomic E-state index is 0.0715. The van der Waals surface area contributed by atoms with Crippen molar-refractivity contribution in [1.82, 2.24) is 5.43 Å². The molecule has 0 bridgehead atoms. The maximum absolute atomic E-state index is 11.9. The van der Waals surface area contributed by atoms with Gasteiger partial charge in [-0.3, -0.25) is 4.79 Å². The molecule has 3 aromatic rings. The molecule has 0 aromatic heterocycles. The number of rotatable bonds is 5. The third kappa shape index (κ3) is 4.44. The number of hydrogen-bond acceptors (Lipinski definition) is 3. The Morgan fingerprint density at radius 3 is 2.60 bits per heavy atom. The molecule has 25 heavy (non-hydrogen) atoms. The minimum Gasteiger partial charge on any atom is -0.484 e. The molecule has 0 aliphatic heterocycles. The number of hydrogen-bond donors (Lipinski definition) is 1. The SMILES string of the molecule is CC(=NNC(=O)COc1cccc(C)c1)c1ccc2ccccc2c1. The molecule has 0 aliphatic carbocycles. The quantitative estimate of drug-likeness (QED) is 0.566. The molecule has 1 amide bonds. The van der Waals surface area contributed by atoms with Gasteiger partial charge in [-0.1, -0.05) is 48.5 Å². The van der Waals surface area contributed by atoms with Crippen LogP contribution in [0.1, 0.15) is 18.1 Å². The van der Waals surface area contributed by atoms with E-state index in [0.29, 0.717) is 5.75 Å². The van der Waals surface area contributed by atoms with E-state index in [1.807, 2.05) is 62.4 Å². The van der Waals surface area contributed by atoms with Gasteiger partial charge in [-0.25, -0.2) is 5.43 Å². The van der Waals surface area contributed by atoms with Gasteiger partial charge in [-0.05, 0) is 53.9 Å². The highest BCUT2D eigenvalue weighted by atomic mass is 16.5. The largest absolute Gasteiger partial charge is 0.484 e. The lowest BCUT2D eigenvalue weighted by Crippen LogP contribution is -2.25. The fourth-order valence-corrected chi connectivity index (χ4v) is 2.51. The van der Waals surface area contributed by atoms with Crippen LogP contribution in [-0.4, -0.2) is 18.2 Å². The van der Waals surface area contributed by atoms with Crippen molar-refractivity contribution in [2.75, 3.05) is 6.61 Å². The maximum atomic E-state index is 11.9. The van der Waals surface area contributed by atoms with E-state index in [4.69, 9.17) is 4.74 Å². The number of benzene rings is 3. The number of fused-ring (bicyclic) bond motifs is 1. The van der Waals surface area contributed by atoms with Gasteiger partial charge in [0.25, 0.3) is 5.91 Å². The van der Waals surface area contributed by atoms with Gasteiger partial charge in [0.1, 0.15) is 5.75 Å². The van der Waals surface area contributed by atoms with E-state index in [-0.39, 0.29) is 12.5 Å². The van der Waals surface area contributed by atoms with Crippen molar-refractivity contribution in [2.45, 2.75) is 13.8 Å². The molecule has 0 fully saturated rings. The fraction of sp³-hybridized carbons (Fsp3) is 0.143. The number of nitrogens with one attached hydrogen (secondary N) is 1. The number of carbonyl (C=O) groups excluding carboxylic acids is 1. The van der Waals surface area contributed by atoms with Crippen LogP contribution in [0.2, 0.25) is 0 Å². The third-order valence-electron chi connectivity index (χ3n) is 3.88. The number of hydrazone groups is 1. The second kappa shape index (κ2) is 7.62. The standard InChI is InChI=1S/C21H20N2O2/c1-15-6-5-9-20(12-15)25-14-21(24)23-22-16(2)18-11-10-17-7-3-4-8-19(17)13-18/h3-13H,14H2,1-2H3,(H,23,24). The van der Waals surface area contributed by atoms with Crippen molar-refractivity contribution >= 4 is 22.4 Å². The summed E-state index contributed by atoms with van der Waals surface area (Å²) < 4.78 is 5.46. The lowest BCUT2D eigenvalue weighted by Gasteiger charge is -2.07. The molecule has 0 heterocycles. The first kappa shape index (κ1) is 16.7. The first-order chi connectivity index (χ1) is 12.1. The number of amides is 1. The molecular formula is C21H20N2O2. The zero-order valence-corrected chi connectivity index (χ0v) is 14.3. The summed E-state index contributed by atoms with van der Waals surface area (Å²) in [6.45, 7) is 3.77. The zero-order valence-electron chi connectivity index (χ0n) is 14.3. The number of ether oxygens (including phenoxy) is 1. The van der Waals surface area contributed by atoms with Crippen LogP contribution in [0.4, 0.5) is 0 Å². The normalized spacial score (nSPS) is 11.4. The second-order valence-corrected chi connectivity index (χ2v) is 5.90. The van der Waals surface area contributed by atoms with Gasteiger partial charge in [-0.15, -0.1) is 0 Å². The number of carbonyl (C=O) groups is 1. The molecule has 0 aliphatic rings. The minimum atomic E-state index is -0.290. The summed E-state index contributed by atoms with van der Waals surface area (Å²) in [6.07, 6.45) is 0. The van der Waals surface area contributed by atoms with E-state index in [1.54, 1.807) is 0 Å². The zero-order chi connectivity index (χ0) is 17.6. The van der Waals surface area contributed by atoms with Gasteiger partial charge < -0.3 is 4.74 Å². The Morgan fingerprint density at radius 1 is 1.00 bits per heavy atom. The lowest BCUT2D eigenvalue weighted by molar-refractivity contribution is -0.123. The smallest absolute Gasteiger partial charge is 0.277 e. The van der Waals surface area contributed by atoms with Crippen molar-refractivity contribution in [2.24, 2.45) is 5.10 Å². The lowest BCUT2D eigenvalue weighted by atomic mass is 10.0. The maximum Gasteiger partial charge on any atom is 0.277 e. The summed E-state index contributed by atoms with van der Waals surface area (Å²) >= 11 is 0. The van der Waals surface area contributed by atoms with Gasteiger partial charge in [0, 0.05) is 0 Å². The topological polar surface area (TPSA) is 50.7 Å². The van der Waals surface area contributed by atoms with Crippen LogP contribution < -0.4 is 10.2 Å². The molecule has 126 valence electrons. The van der Waals surface area contributed by atoms with E-state index >= 15 is 0 Å². The summed E-state index contributed by atoms with van der Waals surface area (Å²) in [5.41, 5.74) is 5.34. The third-order valence-corrected chi connectivity index (χ3v) is 3.88. The van der Waals surface area contributed by atoms with Gasteiger partial charge in [0.05, 0.1) is 5.71 Å². The van der Waals surface area contributed by atoms with Crippen LogP contribution in [0.15, 0.2) is 71.8 Å². The summed E-state index contributed by atoms with van der Waals surface area (Å²) in [4.78, 5) is 11.9. The van der Waals surface area contributed by atoms with Crippen molar-refractivity contribution in [3.8, 4) is 5.75 Å². The highest BCUT2D eigenvalue weighted by Crippen LogP contribution is 2.16. The van der Waals surface area contributed by atoms with E-state index < -0.39 is 0 Å². The van der Waals surface area contributed by atoms with Crippen molar-refractivity contribution in [3.05, 3.63) is 77.9 Å². The summed E-state index contributed by atoms with van der Waals surface area (Å²) in [5.74, 6) is 0.382. The van der Waals surface area contributed by atoms with E-state index in [0.717, 1.165) is 22.2 Å². The van der Waals surface area contributed by atoms with Crippen LogP contribution in [0.25, 0.3) is 10.8 Å². The summed E-state index contributed by atoms with van der Waals surface area (Å²) in [7, 11) is 0. The van der Waals surface area contributed by atoms with Crippen LogP contribution in [0.3, 0.4) is 0 Å². The molecule has 0 unspecified atom stereocenters. The van der Waals surface area contributed by atoms with Gasteiger partial charge in [0.2, 0.25) is 0 Å². The van der Waals surface area contributed by atoms with Gasteiger partial charge >= 0.3 is 0 Å². The van der Waals surface area contributed by atoms with Gasteiger partial charge in [0.15, 0.2) is 6.61 Å². The van der Waals surface area contributed by atoms with Gasteiger partial charge in [-0.2, -0.15) is 5.10 Å². The predicted molar refractivity (Wildman–Crippen MR) is 101 cm³/mol. The van der Waals surface area contributed by atoms with Crippen molar-refractivity contribution < 1.29 is 9.53 Å². The molecule has 4 nitrogen and oxygen atoms in total. The predicted octanol–water partition coefficient (Wildman–Crippen LogP) is 4.07. The number of nitrogens with zero attached hydrogens (tertiary/aromatic N) is 1. The highest BCUT2D eigenvalue weighted by molar-refractivity contribution is 6.02. The molecule has 0 atom stereocenters. The molecule has 3 rings (SSSR count). The van der Waals surface area contributed by atoms with E-state index in [2.05, 4.69) is 28.7 Å². The average Bonchev–Trinajstić information content (AvgIpc) is 2.64. The molecule has 0 saturated heterocycles. The molecular weight excluding hydrogens is 312 g/mol. The van der Waals surface area contributed by atoms with Crippen molar-refractivity contribution in [1.29, 1.82) is 0 Å². The van der Waals surface area contributed by atoms with Crippen LogP contribution >= 0.6 is 0 Å². The number of aryl methyl sites for hydroxylation is 1. The monoisotopic (exact) mass is 332 g/mol. The molecule has 4 heteroatoms. The Bertz CT molecular complexity index is 932. The summed E-state index contributed by atoms with van der Waals surface area (Å²) in [5, 5.41) is 6.49. The average molecular weight is 332 g/mol. The second-order valence-electron chi connectivity index (χ2n) is 5.90. The van der Waals surface area contributed by atoms with Crippen molar-refractivity contribution in [3.63, 3.8) is 0 Å². The molecule has 0 spiro atoms. The molecule has 1 N–H and O–H groups in total. The first-order valence-electron chi connectivity index (χ1n) is 8.13. The van der Waals surface area contributed by atoms with Crippen LogP contribution in [0.5, 0.6) is 5.75 Å². The Balaban J connectivity index is 1.60. The van der Waals surface area contributed by atoms with E-state index in [1.165, 1.54) is 5.39 Å².